The number of amides is 2. The summed E-state index contributed by atoms with van der Waals surface area (Å²) in [5.74, 6) is -1.13. The summed E-state index contributed by atoms with van der Waals surface area (Å²) in [5, 5.41) is 11.7. The maximum atomic E-state index is 12.2. The van der Waals surface area contributed by atoms with Crippen LogP contribution in [-0.2, 0) is 14.3 Å². The Labute approximate surface area is 194 Å². The summed E-state index contributed by atoms with van der Waals surface area (Å²) >= 11 is 0. The highest BCUT2D eigenvalue weighted by atomic mass is 16.5. The molecule has 0 bridgehead atoms. The Morgan fingerprint density at radius 1 is 0.970 bits per heavy atom. The monoisotopic (exact) mass is 452 g/mol. The number of benzene rings is 2. The number of nitrogens with zero attached hydrogens (tertiary/aromatic N) is 1. The maximum Gasteiger partial charge on any atom is 0.407 e. The minimum atomic E-state index is -1.01. The Kier molecular flexibility index (Phi) is 8.46. The van der Waals surface area contributed by atoms with Gasteiger partial charge in [-0.25, -0.2) is 4.79 Å². The second-order valence-corrected chi connectivity index (χ2v) is 8.57. The highest BCUT2D eigenvalue weighted by Gasteiger charge is 2.29. The summed E-state index contributed by atoms with van der Waals surface area (Å²) < 4.78 is 5.51. The Morgan fingerprint density at radius 2 is 1.58 bits per heavy atom. The Morgan fingerprint density at radius 3 is 2.15 bits per heavy atom. The van der Waals surface area contributed by atoms with E-state index in [4.69, 9.17) is 9.84 Å². The number of carbonyl (C=O) groups excluding carboxylic acids is 2. The molecule has 0 atom stereocenters. The second kappa shape index (κ2) is 11.5. The molecule has 0 aliphatic heterocycles. The highest BCUT2D eigenvalue weighted by Crippen LogP contribution is 2.44. The summed E-state index contributed by atoms with van der Waals surface area (Å²) in [6, 6.07) is 16.3. The van der Waals surface area contributed by atoms with Crippen molar-refractivity contribution in [2.24, 2.45) is 0 Å². The van der Waals surface area contributed by atoms with E-state index in [2.05, 4.69) is 29.6 Å². The number of alkyl carbamates (subject to hydrolysis) is 1. The largest absolute Gasteiger partial charge is 0.480 e. The number of nitrogens with one attached hydrogen (secondary N) is 1. The number of carboxylic acid groups (broad SMARTS) is 1. The van der Waals surface area contributed by atoms with Crippen molar-refractivity contribution in [2.75, 3.05) is 19.7 Å². The van der Waals surface area contributed by atoms with E-state index in [0.717, 1.165) is 12.8 Å². The number of hydrogen-bond acceptors (Lipinski definition) is 4. The van der Waals surface area contributed by atoms with E-state index in [1.807, 2.05) is 24.3 Å². The zero-order valence-corrected chi connectivity index (χ0v) is 19.3. The quantitative estimate of drug-likeness (QED) is 0.493. The lowest BCUT2D eigenvalue weighted by molar-refractivity contribution is -0.145. The number of rotatable bonds is 11. The molecule has 33 heavy (non-hydrogen) atoms. The average molecular weight is 453 g/mol. The predicted octanol–water partition coefficient (Wildman–Crippen LogP) is 4.41. The number of fused-ring (bicyclic) bond motifs is 3. The molecule has 0 heterocycles. The fourth-order valence-electron chi connectivity index (χ4n) is 4.27. The normalized spacial score (nSPS) is 12.2. The van der Waals surface area contributed by atoms with Crippen molar-refractivity contribution in [3.63, 3.8) is 0 Å². The fraction of sp³-hybridized carbons (Fsp3) is 0.423. The van der Waals surface area contributed by atoms with Crippen LogP contribution in [-0.4, -0.2) is 53.7 Å². The van der Waals surface area contributed by atoms with E-state index in [1.54, 1.807) is 13.8 Å². The molecule has 0 fully saturated rings. The van der Waals surface area contributed by atoms with Crippen molar-refractivity contribution in [3.05, 3.63) is 59.7 Å². The van der Waals surface area contributed by atoms with Crippen LogP contribution in [0.4, 0.5) is 4.79 Å². The molecule has 0 saturated carbocycles. The first-order valence-electron chi connectivity index (χ1n) is 11.5. The molecule has 0 aromatic heterocycles. The minimum Gasteiger partial charge on any atom is -0.480 e. The molecule has 1 aliphatic rings. The summed E-state index contributed by atoms with van der Waals surface area (Å²) in [7, 11) is 0. The third-order valence-corrected chi connectivity index (χ3v) is 5.93. The van der Waals surface area contributed by atoms with Crippen LogP contribution in [0.2, 0.25) is 0 Å². The van der Waals surface area contributed by atoms with Gasteiger partial charge >= 0.3 is 12.1 Å². The standard InChI is InChI=1S/C26H32N2O5/c1-18(2)28(16-25(30)31)24(29)14-4-3-9-15-27-26(32)33-17-23-21-12-7-5-10-19(21)20-11-6-8-13-22(20)23/h5-8,10-13,18,23H,3-4,9,14-17H2,1-2H3,(H,27,32)(H,30,31). The number of carbonyl (C=O) groups is 3. The molecule has 7 heteroatoms. The van der Waals surface area contributed by atoms with E-state index < -0.39 is 12.1 Å². The van der Waals surface area contributed by atoms with Crippen molar-refractivity contribution in [1.29, 1.82) is 0 Å². The van der Waals surface area contributed by atoms with Crippen LogP contribution < -0.4 is 5.32 Å². The second-order valence-electron chi connectivity index (χ2n) is 8.57. The van der Waals surface area contributed by atoms with Gasteiger partial charge in [0.1, 0.15) is 13.2 Å². The van der Waals surface area contributed by atoms with Gasteiger partial charge in [0.05, 0.1) is 0 Å². The van der Waals surface area contributed by atoms with Gasteiger partial charge in [0.15, 0.2) is 0 Å². The predicted molar refractivity (Wildman–Crippen MR) is 126 cm³/mol. The molecule has 0 saturated heterocycles. The van der Waals surface area contributed by atoms with Crippen molar-refractivity contribution in [3.8, 4) is 11.1 Å². The highest BCUT2D eigenvalue weighted by molar-refractivity contribution is 5.81. The van der Waals surface area contributed by atoms with Crippen LogP contribution in [0.1, 0.15) is 56.6 Å². The van der Waals surface area contributed by atoms with Crippen LogP contribution in [0.5, 0.6) is 0 Å². The molecule has 1 aliphatic carbocycles. The van der Waals surface area contributed by atoms with Gasteiger partial charge in [-0.15, -0.1) is 0 Å². The lowest BCUT2D eigenvalue weighted by Gasteiger charge is -2.24. The Balaban J connectivity index is 1.36. The average Bonchev–Trinajstić information content (AvgIpc) is 3.11. The van der Waals surface area contributed by atoms with E-state index >= 15 is 0 Å². The Bertz CT molecular complexity index is 943. The molecule has 0 radical (unpaired) electrons. The number of hydrogen-bond donors (Lipinski definition) is 2. The van der Waals surface area contributed by atoms with Crippen LogP contribution in [0.15, 0.2) is 48.5 Å². The number of ether oxygens (including phenoxy) is 1. The zero-order chi connectivity index (χ0) is 23.8. The van der Waals surface area contributed by atoms with Crippen molar-refractivity contribution in [2.45, 2.75) is 51.5 Å². The van der Waals surface area contributed by atoms with Gasteiger partial charge < -0.3 is 20.1 Å². The van der Waals surface area contributed by atoms with Gasteiger partial charge in [-0.05, 0) is 48.9 Å². The topological polar surface area (TPSA) is 95.9 Å². The Hall–Kier alpha value is -3.35. The van der Waals surface area contributed by atoms with Crippen LogP contribution in [0.25, 0.3) is 11.1 Å². The van der Waals surface area contributed by atoms with Gasteiger partial charge in [0, 0.05) is 24.9 Å². The first-order valence-corrected chi connectivity index (χ1v) is 11.5. The summed E-state index contributed by atoms with van der Waals surface area (Å²) in [4.78, 5) is 36.7. The number of aliphatic carboxylic acids is 1. The molecule has 2 aromatic carbocycles. The first-order chi connectivity index (χ1) is 15.9. The van der Waals surface area contributed by atoms with Gasteiger partial charge in [-0.2, -0.15) is 0 Å². The van der Waals surface area contributed by atoms with Crippen molar-refractivity contribution in [1.82, 2.24) is 10.2 Å². The number of carboxylic acids is 1. The van der Waals surface area contributed by atoms with Crippen LogP contribution in [0, 0.1) is 0 Å². The minimum absolute atomic E-state index is 0.0314. The van der Waals surface area contributed by atoms with E-state index in [9.17, 15) is 14.4 Å². The number of unbranched alkanes of at least 4 members (excludes halogenated alkanes) is 2. The summed E-state index contributed by atoms with van der Waals surface area (Å²) in [5.41, 5.74) is 4.73. The van der Waals surface area contributed by atoms with Gasteiger partial charge in [0.25, 0.3) is 0 Å². The van der Waals surface area contributed by atoms with Gasteiger partial charge in [-0.1, -0.05) is 55.0 Å². The first kappa shape index (κ1) is 24.3. The molecule has 3 rings (SSSR count). The molecule has 0 spiro atoms. The lowest BCUT2D eigenvalue weighted by Crippen LogP contribution is -2.40. The van der Waals surface area contributed by atoms with Crippen LogP contribution >= 0.6 is 0 Å². The summed E-state index contributed by atoms with van der Waals surface area (Å²) in [6.45, 7) is 4.08. The molecule has 0 unspecified atom stereocenters. The van der Waals surface area contributed by atoms with E-state index in [-0.39, 0.29) is 31.0 Å². The molecule has 2 amide bonds. The molecule has 176 valence electrons. The van der Waals surface area contributed by atoms with Gasteiger partial charge in [-0.3, -0.25) is 9.59 Å². The van der Waals surface area contributed by atoms with Crippen LogP contribution in [0.3, 0.4) is 0 Å². The molecular formula is C26H32N2O5. The van der Waals surface area contributed by atoms with Crippen molar-refractivity contribution >= 4 is 18.0 Å². The third-order valence-electron chi connectivity index (χ3n) is 5.93. The molecule has 7 nitrogen and oxygen atoms in total. The lowest BCUT2D eigenvalue weighted by atomic mass is 9.98. The SMILES string of the molecule is CC(C)N(CC(=O)O)C(=O)CCCCCNC(=O)OCC1c2ccccc2-c2ccccc21. The fourth-order valence-corrected chi connectivity index (χ4v) is 4.27. The van der Waals surface area contributed by atoms with Gasteiger partial charge in [0.2, 0.25) is 5.91 Å². The van der Waals surface area contributed by atoms with Crippen molar-refractivity contribution < 1.29 is 24.2 Å². The summed E-state index contributed by atoms with van der Waals surface area (Å²) in [6.07, 6.45) is 1.98. The smallest absolute Gasteiger partial charge is 0.407 e. The van der Waals surface area contributed by atoms with E-state index in [1.165, 1.54) is 27.2 Å². The van der Waals surface area contributed by atoms with E-state index in [0.29, 0.717) is 19.4 Å². The third kappa shape index (κ3) is 6.34. The maximum absolute atomic E-state index is 12.2. The molecular weight excluding hydrogens is 420 g/mol. The zero-order valence-electron chi connectivity index (χ0n) is 19.3. The molecule has 2 aromatic rings. The molecule has 2 N–H and O–H groups in total.